The Hall–Kier alpha value is -4.10. The second kappa shape index (κ2) is 24.9. The highest BCUT2D eigenvalue weighted by Crippen LogP contribution is 2.36. The number of H-pyrrole nitrogens is 1. The Kier molecular flexibility index (Phi) is 20.0. The number of carbonyl (C=O) groups is 4. The number of aromatic amines is 1. The van der Waals surface area contributed by atoms with E-state index in [0.29, 0.717) is 25.8 Å². The van der Waals surface area contributed by atoms with Crippen LogP contribution >= 0.6 is 0 Å². The molecule has 7 N–H and O–H groups in total. The number of primary amides is 1. The first-order valence-corrected chi connectivity index (χ1v) is 21.4. The number of aliphatic hydroxyl groups excluding tert-OH is 2. The lowest BCUT2D eigenvalue weighted by Gasteiger charge is -2.35. The van der Waals surface area contributed by atoms with Gasteiger partial charge in [-0.2, -0.15) is 0 Å². The van der Waals surface area contributed by atoms with E-state index >= 15 is 0 Å². The summed E-state index contributed by atoms with van der Waals surface area (Å²) in [5.74, 6) is -3.54. The van der Waals surface area contributed by atoms with Gasteiger partial charge in [-0.25, -0.2) is 4.79 Å². The summed E-state index contributed by atoms with van der Waals surface area (Å²) >= 11 is 0. The summed E-state index contributed by atoms with van der Waals surface area (Å²) in [7, 11) is 1.25. The third kappa shape index (κ3) is 14.5. The summed E-state index contributed by atoms with van der Waals surface area (Å²) in [4.78, 5) is 78.8. The summed E-state index contributed by atoms with van der Waals surface area (Å²) < 4.78 is 30.0. The first-order chi connectivity index (χ1) is 28.4. The van der Waals surface area contributed by atoms with Gasteiger partial charge in [0.2, 0.25) is 18.1 Å². The van der Waals surface area contributed by atoms with E-state index in [4.69, 9.17) is 29.4 Å². The van der Waals surface area contributed by atoms with Gasteiger partial charge < -0.3 is 50.3 Å². The summed E-state index contributed by atoms with van der Waals surface area (Å²) in [5, 5.41) is 26.7. The molecule has 1 aromatic rings. The molecule has 18 nitrogen and oxygen atoms in total. The van der Waals surface area contributed by atoms with E-state index in [0.717, 1.165) is 55.0 Å². The molecule has 0 radical (unpaired) electrons. The van der Waals surface area contributed by atoms with Crippen molar-refractivity contribution in [1.82, 2.24) is 20.2 Å². The van der Waals surface area contributed by atoms with E-state index < -0.39 is 90.0 Å². The van der Waals surface area contributed by atoms with Gasteiger partial charge in [-0.15, -0.1) is 0 Å². The van der Waals surface area contributed by atoms with E-state index in [2.05, 4.69) is 22.5 Å². The topological polar surface area (TPSA) is 260 Å². The van der Waals surface area contributed by atoms with Crippen LogP contribution in [-0.2, 0) is 42.9 Å². The highest BCUT2D eigenvalue weighted by molar-refractivity contribution is 5.95. The number of ether oxygens (including phenoxy) is 5. The number of esters is 1. The molecular formula is C41H65N5O13. The van der Waals surface area contributed by atoms with Gasteiger partial charge in [0, 0.05) is 32.3 Å². The molecule has 0 unspecified atom stereocenters. The van der Waals surface area contributed by atoms with Gasteiger partial charge in [0.25, 0.3) is 11.5 Å². The molecule has 2 fully saturated rings. The largest absolute Gasteiger partial charge is 0.456 e. The van der Waals surface area contributed by atoms with E-state index in [1.54, 1.807) is 0 Å². The number of hydrogen-bond donors (Lipinski definition) is 6. The Morgan fingerprint density at radius 3 is 2.15 bits per heavy atom. The highest BCUT2D eigenvalue weighted by Gasteiger charge is 2.54. The molecule has 332 valence electrons. The zero-order valence-corrected chi connectivity index (χ0v) is 34.5. The van der Waals surface area contributed by atoms with Crippen LogP contribution in [0.3, 0.4) is 0 Å². The Labute approximate surface area is 344 Å². The number of nitrogens with one attached hydrogen (secondary N) is 3. The van der Waals surface area contributed by atoms with Crippen molar-refractivity contribution in [3.8, 4) is 0 Å². The Bertz CT molecular complexity index is 1650. The number of rotatable bonds is 25. The fraction of sp³-hybridized carbons (Fsp3) is 0.756. The molecule has 59 heavy (non-hydrogen) atoms. The lowest BCUT2D eigenvalue weighted by molar-refractivity contribution is -0.241. The van der Waals surface area contributed by atoms with Crippen LogP contribution in [0.15, 0.2) is 33.7 Å². The van der Waals surface area contributed by atoms with Crippen molar-refractivity contribution in [2.24, 2.45) is 5.73 Å². The molecule has 0 aromatic carbocycles. The summed E-state index contributed by atoms with van der Waals surface area (Å²) in [6.07, 6.45) is 8.43. The normalized spacial score (nSPS) is 26.2. The quantitative estimate of drug-likeness (QED) is 0.0611. The SMILES string of the molecule is CCCCCCCCCCCCCCCCCC(=O)O[C@@H]1[C@H](OC)[C@@H]([C@@H](O[C@H]2OC(C(=O)N[C@H]3CCCCNC3=O)=C[C@H](O)[C@@H]2O)C(N)=O)O[C@H]1n1ccc(=O)[nH]c1=O. The maximum Gasteiger partial charge on any atom is 0.330 e. The van der Waals surface area contributed by atoms with Crippen LogP contribution in [0.2, 0.25) is 0 Å². The predicted octanol–water partition coefficient (Wildman–Crippen LogP) is 2.24. The minimum Gasteiger partial charge on any atom is -0.456 e. The second-order valence-electron chi connectivity index (χ2n) is 15.6. The first-order valence-electron chi connectivity index (χ1n) is 21.4. The van der Waals surface area contributed by atoms with Crippen molar-refractivity contribution >= 4 is 23.7 Å². The van der Waals surface area contributed by atoms with Crippen LogP contribution in [0, 0.1) is 0 Å². The fourth-order valence-corrected chi connectivity index (χ4v) is 7.65. The number of aliphatic hydroxyl groups is 2. The molecule has 3 aliphatic heterocycles. The molecule has 4 rings (SSSR count). The third-order valence-electron chi connectivity index (χ3n) is 11.0. The number of hydrogen-bond acceptors (Lipinski definition) is 13. The van der Waals surface area contributed by atoms with Crippen molar-refractivity contribution < 1.29 is 53.1 Å². The zero-order valence-electron chi connectivity index (χ0n) is 34.5. The van der Waals surface area contributed by atoms with Crippen molar-refractivity contribution in [1.29, 1.82) is 0 Å². The van der Waals surface area contributed by atoms with E-state index in [-0.39, 0.29) is 12.3 Å². The smallest absolute Gasteiger partial charge is 0.330 e. The van der Waals surface area contributed by atoms with Crippen LogP contribution in [0.5, 0.6) is 0 Å². The molecule has 3 amide bonds. The number of nitrogens with zero attached hydrogens (tertiary/aromatic N) is 1. The Balaban J connectivity index is 1.36. The summed E-state index contributed by atoms with van der Waals surface area (Å²) in [6.45, 7) is 2.69. The fourth-order valence-electron chi connectivity index (χ4n) is 7.65. The molecule has 9 atom stereocenters. The van der Waals surface area contributed by atoms with Gasteiger partial charge in [-0.05, 0) is 31.8 Å². The number of unbranched alkanes of at least 4 members (excludes halogenated alkanes) is 14. The van der Waals surface area contributed by atoms with Gasteiger partial charge >= 0.3 is 11.7 Å². The number of aromatic nitrogens is 2. The van der Waals surface area contributed by atoms with E-state index in [9.17, 15) is 39.0 Å². The zero-order chi connectivity index (χ0) is 42.7. The van der Waals surface area contributed by atoms with Crippen LogP contribution in [-0.4, -0.2) is 106 Å². The molecule has 4 heterocycles. The minimum absolute atomic E-state index is 0.0541. The number of methoxy groups -OCH3 is 1. The molecule has 3 aliphatic rings. The standard InChI is InChI=1S/C41H65N5O13/c1-3-4-5-6-7-8-9-10-11-12-13-14-15-16-17-21-30(49)57-35-32(55-2)33(58-39(35)46-24-22-29(48)45-41(46)54)34(36(42)51)59-40-31(50)27(47)25-28(56-40)38(53)44-26-20-18-19-23-43-37(26)52/h22,24-27,31-35,39-40,47,50H,3-21,23H2,1-2H3,(H2,42,51)(H,43,52)(H,44,53)(H,45,48,54)/t26-,27-,31-,32+,33-,34+,35+,39+,40+/m0/s1. The predicted molar refractivity (Wildman–Crippen MR) is 213 cm³/mol. The van der Waals surface area contributed by atoms with Crippen molar-refractivity contribution in [3.63, 3.8) is 0 Å². The van der Waals surface area contributed by atoms with E-state index in [1.807, 2.05) is 0 Å². The maximum absolute atomic E-state index is 13.2. The third-order valence-corrected chi connectivity index (χ3v) is 11.0. The van der Waals surface area contributed by atoms with Crippen LogP contribution < -0.4 is 27.6 Å². The Morgan fingerprint density at radius 2 is 1.56 bits per heavy atom. The van der Waals surface area contributed by atoms with Crippen LogP contribution in [0.1, 0.15) is 135 Å². The summed E-state index contributed by atoms with van der Waals surface area (Å²) in [5.41, 5.74) is 4.17. The minimum atomic E-state index is -1.88. The lowest BCUT2D eigenvalue weighted by Crippen LogP contribution is -2.54. The second-order valence-corrected chi connectivity index (χ2v) is 15.6. The average Bonchev–Trinajstić information content (AvgIpc) is 3.42. The van der Waals surface area contributed by atoms with Gasteiger partial charge in [-0.1, -0.05) is 96.8 Å². The molecule has 2 saturated heterocycles. The number of carbonyl (C=O) groups excluding carboxylic acids is 4. The Morgan fingerprint density at radius 1 is 0.932 bits per heavy atom. The molecule has 18 heteroatoms. The molecule has 0 bridgehead atoms. The number of amides is 3. The van der Waals surface area contributed by atoms with Gasteiger partial charge in [0.05, 0.1) is 0 Å². The molecule has 1 aromatic heterocycles. The van der Waals surface area contributed by atoms with Gasteiger partial charge in [0.1, 0.15) is 30.5 Å². The highest BCUT2D eigenvalue weighted by atomic mass is 16.7. The summed E-state index contributed by atoms with van der Waals surface area (Å²) in [6, 6.07) is 0.180. The van der Waals surface area contributed by atoms with Gasteiger partial charge in [0.15, 0.2) is 24.2 Å². The van der Waals surface area contributed by atoms with E-state index in [1.165, 1.54) is 71.3 Å². The van der Waals surface area contributed by atoms with Crippen LogP contribution in [0.25, 0.3) is 0 Å². The monoisotopic (exact) mass is 835 g/mol. The molecule has 0 aliphatic carbocycles. The van der Waals surface area contributed by atoms with Gasteiger partial charge in [-0.3, -0.25) is 33.5 Å². The average molecular weight is 836 g/mol. The van der Waals surface area contributed by atoms with Crippen molar-refractivity contribution in [2.45, 2.75) is 184 Å². The first kappa shape index (κ1) is 47.6. The van der Waals surface area contributed by atoms with Crippen LogP contribution in [0.4, 0.5) is 0 Å². The lowest BCUT2D eigenvalue weighted by atomic mass is 10.0. The molecule has 0 saturated carbocycles. The van der Waals surface area contributed by atoms with Crippen molar-refractivity contribution in [3.05, 3.63) is 44.9 Å². The maximum atomic E-state index is 13.2. The molecular weight excluding hydrogens is 770 g/mol. The molecule has 0 spiro atoms. The van der Waals surface area contributed by atoms with Crippen molar-refractivity contribution in [2.75, 3.05) is 13.7 Å². The number of nitrogens with two attached hydrogens (primary N) is 1.